The molecule has 0 aromatic heterocycles. The molecule has 0 fully saturated rings. The quantitative estimate of drug-likeness (QED) is 0.283. The third-order valence-corrected chi connectivity index (χ3v) is 8.39. The summed E-state index contributed by atoms with van der Waals surface area (Å²) in [5.74, 6) is -0.133. The van der Waals surface area contributed by atoms with Gasteiger partial charge in [0.2, 0.25) is 21.8 Å². The molecule has 2 atom stereocenters. The monoisotopic (exact) mass is 619 g/mol. The van der Waals surface area contributed by atoms with Crippen LogP contribution in [0.1, 0.15) is 52.0 Å². The van der Waals surface area contributed by atoms with Crippen LogP contribution < -0.4 is 14.4 Å². The topological polar surface area (TPSA) is 96.0 Å². The molecule has 2 aromatic rings. The summed E-state index contributed by atoms with van der Waals surface area (Å²) in [5, 5.41) is 4.07. The molecule has 2 rings (SSSR count). The SMILES string of the molecule is CC[C@@H](C)NC(=O)[C@@H](CC)N(Cc1ccc(Cl)cc1Cl)C(=O)CCCN(c1ccc(OC)c(Cl)c1)S(C)(=O)=O. The van der Waals surface area contributed by atoms with Gasteiger partial charge in [-0.25, -0.2) is 8.42 Å². The van der Waals surface area contributed by atoms with Gasteiger partial charge in [0, 0.05) is 35.6 Å². The minimum atomic E-state index is -3.67. The number of sulfonamides is 1. The summed E-state index contributed by atoms with van der Waals surface area (Å²) in [7, 11) is -2.20. The Bertz CT molecular complexity index is 1260. The highest BCUT2D eigenvalue weighted by Crippen LogP contribution is 2.30. The lowest BCUT2D eigenvalue weighted by atomic mass is 10.1. The second-order valence-electron chi connectivity index (χ2n) is 9.26. The molecule has 0 unspecified atom stereocenters. The zero-order chi connectivity index (χ0) is 29.3. The highest BCUT2D eigenvalue weighted by Gasteiger charge is 2.30. The van der Waals surface area contributed by atoms with E-state index in [9.17, 15) is 18.0 Å². The number of ether oxygens (including phenoxy) is 1. The number of hydrogen-bond acceptors (Lipinski definition) is 5. The van der Waals surface area contributed by atoms with Crippen molar-refractivity contribution in [3.05, 3.63) is 57.0 Å². The zero-order valence-corrected chi connectivity index (χ0v) is 25.9. The van der Waals surface area contributed by atoms with E-state index >= 15 is 0 Å². The van der Waals surface area contributed by atoms with Gasteiger partial charge in [0.1, 0.15) is 11.8 Å². The average molecular weight is 621 g/mol. The predicted molar refractivity (Wildman–Crippen MR) is 158 cm³/mol. The summed E-state index contributed by atoms with van der Waals surface area (Å²) in [4.78, 5) is 28.2. The first kappa shape index (κ1) is 33.0. The van der Waals surface area contributed by atoms with E-state index < -0.39 is 16.1 Å². The van der Waals surface area contributed by atoms with E-state index in [-0.39, 0.29) is 48.8 Å². The second-order valence-corrected chi connectivity index (χ2v) is 12.4. The van der Waals surface area contributed by atoms with Gasteiger partial charge in [0.15, 0.2) is 0 Å². The Hall–Kier alpha value is -2.20. The van der Waals surface area contributed by atoms with E-state index in [1.54, 1.807) is 30.3 Å². The molecule has 0 radical (unpaired) electrons. The fourth-order valence-corrected chi connectivity index (χ4v) is 5.69. The van der Waals surface area contributed by atoms with E-state index in [0.717, 1.165) is 12.7 Å². The van der Waals surface area contributed by atoms with Crippen LogP contribution in [-0.2, 0) is 26.2 Å². The highest BCUT2D eigenvalue weighted by molar-refractivity contribution is 7.92. The number of rotatable bonds is 14. The highest BCUT2D eigenvalue weighted by atomic mass is 35.5. The van der Waals surface area contributed by atoms with Crippen molar-refractivity contribution in [1.29, 1.82) is 0 Å². The van der Waals surface area contributed by atoms with Crippen LogP contribution in [-0.4, -0.2) is 57.1 Å². The number of anilines is 1. The second kappa shape index (κ2) is 15.0. The van der Waals surface area contributed by atoms with Gasteiger partial charge < -0.3 is 15.0 Å². The number of nitrogens with one attached hydrogen (secondary N) is 1. The third kappa shape index (κ3) is 9.45. The molecule has 0 saturated carbocycles. The molecule has 2 aromatic carbocycles. The summed E-state index contributed by atoms with van der Waals surface area (Å²) >= 11 is 18.7. The van der Waals surface area contributed by atoms with E-state index in [4.69, 9.17) is 39.5 Å². The van der Waals surface area contributed by atoms with Crippen molar-refractivity contribution >= 4 is 62.3 Å². The number of carbonyl (C=O) groups is 2. The minimum Gasteiger partial charge on any atom is -0.495 e. The van der Waals surface area contributed by atoms with Gasteiger partial charge in [-0.1, -0.05) is 54.7 Å². The predicted octanol–water partition coefficient (Wildman–Crippen LogP) is 5.92. The van der Waals surface area contributed by atoms with Crippen LogP contribution in [0, 0.1) is 0 Å². The standard InChI is InChI=1S/C27H36Cl3N3O5S/c1-6-18(3)31-27(35)24(7-2)32(17-19-10-11-20(28)15-22(19)29)26(34)9-8-14-33(39(5,36)37)21-12-13-25(38-4)23(30)16-21/h10-13,15-16,18,24H,6-9,14,17H2,1-5H3,(H,31,35)/t18-,24-/m1/s1. The summed E-state index contributed by atoms with van der Waals surface area (Å²) in [6.07, 6.45) is 2.45. The molecule has 0 bridgehead atoms. The average Bonchev–Trinajstić information content (AvgIpc) is 2.86. The van der Waals surface area contributed by atoms with Gasteiger partial charge in [-0.3, -0.25) is 13.9 Å². The van der Waals surface area contributed by atoms with E-state index in [1.807, 2.05) is 20.8 Å². The number of methoxy groups -OCH3 is 1. The number of carbonyl (C=O) groups excluding carboxylic acids is 2. The maximum Gasteiger partial charge on any atom is 0.243 e. The number of amides is 2. The first-order chi connectivity index (χ1) is 18.3. The Labute approximate surface area is 246 Å². The van der Waals surface area contributed by atoms with E-state index in [1.165, 1.54) is 22.4 Å². The molecule has 0 heterocycles. The van der Waals surface area contributed by atoms with Crippen LogP contribution >= 0.6 is 34.8 Å². The molecule has 0 aliphatic heterocycles. The van der Waals surface area contributed by atoms with Crippen molar-refractivity contribution in [3.63, 3.8) is 0 Å². The molecule has 0 aliphatic rings. The smallest absolute Gasteiger partial charge is 0.243 e. The van der Waals surface area contributed by atoms with Crippen LogP contribution in [0.4, 0.5) is 5.69 Å². The van der Waals surface area contributed by atoms with Crippen LogP contribution in [0.15, 0.2) is 36.4 Å². The molecule has 2 amide bonds. The van der Waals surface area contributed by atoms with Crippen molar-refractivity contribution in [1.82, 2.24) is 10.2 Å². The molecule has 0 aliphatic carbocycles. The van der Waals surface area contributed by atoms with Crippen molar-refractivity contribution in [2.24, 2.45) is 0 Å². The van der Waals surface area contributed by atoms with Crippen LogP contribution in [0.2, 0.25) is 15.1 Å². The van der Waals surface area contributed by atoms with Crippen molar-refractivity contribution in [3.8, 4) is 5.75 Å². The van der Waals surface area contributed by atoms with Gasteiger partial charge in [-0.15, -0.1) is 0 Å². The third-order valence-electron chi connectivity index (χ3n) is 6.32. The largest absolute Gasteiger partial charge is 0.495 e. The van der Waals surface area contributed by atoms with Crippen molar-refractivity contribution < 1.29 is 22.7 Å². The minimum absolute atomic E-state index is 0.00816. The number of hydrogen-bond donors (Lipinski definition) is 1. The van der Waals surface area contributed by atoms with Crippen LogP contribution in [0.3, 0.4) is 0 Å². The van der Waals surface area contributed by atoms with Gasteiger partial charge in [-0.05, 0) is 62.1 Å². The van der Waals surface area contributed by atoms with Gasteiger partial charge >= 0.3 is 0 Å². The maximum absolute atomic E-state index is 13.6. The lowest BCUT2D eigenvalue weighted by Gasteiger charge is -2.32. The van der Waals surface area contributed by atoms with Crippen LogP contribution in [0.5, 0.6) is 5.75 Å². The summed E-state index contributed by atoms with van der Waals surface area (Å²) < 4.78 is 31.5. The van der Waals surface area contributed by atoms with Crippen LogP contribution in [0.25, 0.3) is 0 Å². The molecule has 0 saturated heterocycles. The molecular formula is C27H36Cl3N3O5S. The van der Waals surface area contributed by atoms with Crippen molar-refractivity contribution in [2.75, 3.05) is 24.2 Å². The summed E-state index contributed by atoms with van der Waals surface area (Å²) in [6.45, 7) is 5.84. The Morgan fingerprint density at radius 1 is 1.03 bits per heavy atom. The summed E-state index contributed by atoms with van der Waals surface area (Å²) in [5.41, 5.74) is 1.01. The molecule has 12 heteroatoms. The van der Waals surface area contributed by atoms with Gasteiger partial charge in [0.25, 0.3) is 0 Å². The lowest BCUT2D eigenvalue weighted by molar-refractivity contribution is -0.141. The first-order valence-electron chi connectivity index (χ1n) is 12.7. The van der Waals surface area contributed by atoms with Gasteiger partial charge in [-0.2, -0.15) is 0 Å². The molecule has 0 spiro atoms. The molecular weight excluding hydrogens is 585 g/mol. The fourth-order valence-electron chi connectivity index (χ4n) is 4.01. The summed E-state index contributed by atoms with van der Waals surface area (Å²) in [6, 6.07) is 8.88. The van der Waals surface area contributed by atoms with E-state index in [2.05, 4.69) is 5.32 Å². The van der Waals surface area contributed by atoms with Crippen molar-refractivity contribution in [2.45, 2.75) is 65.1 Å². The molecule has 39 heavy (non-hydrogen) atoms. The maximum atomic E-state index is 13.6. The fraction of sp³-hybridized carbons (Fsp3) is 0.481. The Balaban J connectivity index is 2.28. The lowest BCUT2D eigenvalue weighted by Crippen LogP contribution is -2.50. The molecule has 8 nitrogen and oxygen atoms in total. The molecule has 1 N–H and O–H groups in total. The Morgan fingerprint density at radius 2 is 1.72 bits per heavy atom. The number of benzene rings is 2. The first-order valence-corrected chi connectivity index (χ1v) is 15.7. The number of nitrogens with zero attached hydrogens (tertiary/aromatic N) is 2. The Kier molecular flexibility index (Phi) is 12.7. The Morgan fingerprint density at radius 3 is 2.26 bits per heavy atom. The van der Waals surface area contributed by atoms with E-state index in [0.29, 0.717) is 33.5 Å². The zero-order valence-electron chi connectivity index (χ0n) is 22.8. The van der Waals surface area contributed by atoms with Gasteiger partial charge in [0.05, 0.1) is 24.1 Å². The number of halogens is 3. The normalized spacial score (nSPS) is 12.9. The molecule has 216 valence electrons.